The largest absolute Gasteiger partial charge is 0.417 e. The van der Waals surface area contributed by atoms with E-state index in [-0.39, 0.29) is 48.6 Å². The fourth-order valence-electron chi connectivity index (χ4n) is 5.01. The average Bonchev–Trinajstić information content (AvgIpc) is 3.24. The van der Waals surface area contributed by atoms with Gasteiger partial charge in [-0.25, -0.2) is 0 Å². The smallest absolute Gasteiger partial charge is 0.181 e. The summed E-state index contributed by atoms with van der Waals surface area (Å²) in [6.45, 7) is 10.2. The number of nitrogens with zero attached hydrogens (tertiary/aromatic N) is 4. The summed E-state index contributed by atoms with van der Waals surface area (Å²) in [4.78, 5) is 6.79. The second-order valence-corrected chi connectivity index (χ2v) is 8.50. The molecule has 0 heterocycles. The molecule has 0 radical (unpaired) electrons. The monoisotopic (exact) mass is 494 g/mol. The number of rotatable bonds is 0. The van der Waals surface area contributed by atoms with Crippen LogP contribution < -0.4 is 10.7 Å². The Kier molecular flexibility index (Phi) is 4.87. The first kappa shape index (κ1) is 23.3. The van der Waals surface area contributed by atoms with Crippen LogP contribution in [0.5, 0.6) is 0 Å². The number of nitriles is 1. The van der Waals surface area contributed by atoms with E-state index in [0.717, 1.165) is 18.2 Å². The predicted octanol–water partition coefficient (Wildman–Crippen LogP) is 6.95. The molecule has 0 spiro atoms. The van der Waals surface area contributed by atoms with Crippen molar-refractivity contribution in [3.63, 3.8) is 0 Å². The molecule has 0 aliphatic rings. The number of hydrogen-bond acceptors (Lipinski definition) is 3. The third-order valence-electron chi connectivity index (χ3n) is 6.28. The number of alkyl halides is 6. The van der Waals surface area contributed by atoms with Crippen LogP contribution in [0.3, 0.4) is 0 Å². The lowest BCUT2D eigenvalue weighted by Gasteiger charge is -2.10. The van der Waals surface area contributed by atoms with E-state index < -0.39 is 23.5 Å². The topological polar surface area (TPSA) is 52.9 Å². The van der Waals surface area contributed by atoms with Crippen LogP contribution in [0.15, 0.2) is 46.5 Å². The molecule has 0 atom stereocenters. The van der Waals surface area contributed by atoms with Gasteiger partial charge in [-0.15, -0.1) is 4.95 Å². The van der Waals surface area contributed by atoms with Gasteiger partial charge in [-0.2, -0.15) is 43.2 Å². The average molecular weight is 494 g/mol. The van der Waals surface area contributed by atoms with Gasteiger partial charge in [0.15, 0.2) is 5.36 Å². The van der Waals surface area contributed by atoms with E-state index in [1.165, 1.54) is 32.0 Å². The van der Waals surface area contributed by atoms with Crippen LogP contribution in [0.2, 0.25) is 0 Å². The molecule has 5 aromatic rings. The Hall–Kier alpha value is -4.44. The Morgan fingerprint density at radius 3 is 1.94 bits per heavy atom. The van der Waals surface area contributed by atoms with Crippen molar-refractivity contribution < 1.29 is 26.3 Å². The fraction of sp³-hybridized carbons (Fsp3) is 0.154. The number of aryl methyl sites for hydroxylation is 2. The molecular weight excluding hydrogens is 482 g/mol. The van der Waals surface area contributed by atoms with Crippen molar-refractivity contribution >= 4 is 43.1 Å². The fourth-order valence-corrected chi connectivity index (χ4v) is 5.01. The zero-order chi connectivity index (χ0) is 26.2. The first-order chi connectivity index (χ1) is 16.9. The summed E-state index contributed by atoms with van der Waals surface area (Å²) in [5, 5.41) is 14.5. The summed E-state index contributed by atoms with van der Waals surface area (Å²) in [7, 11) is 0. The maximum Gasteiger partial charge on any atom is 0.417 e. The normalized spacial score (nSPS) is 13.8. The van der Waals surface area contributed by atoms with Crippen molar-refractivity contribution in [2.24, 2.45) is 10.1 Å². The standard InChI is InChI=1S/C26H12F6N4/c1-11-4-18-22(20(5-11)26(30,31)32)15-9-16-14(8-17(15)24(18)36-34-3)21-12(2)6-13(25(27,28)29)7-19(21)23(16)35-10-33/h4-9H,1-2H3/b35-23?,36-24-. The van der Waals surface area contributed by atoms with E-state index in [4.69, 9.17) is 6.57 Å². The molecule has 0 aliphatic heterocycles. The quantitative estimate of drug-likeness (QED) is 0.0995. The molecule has 4 nitrogen and oxygen atoms in total. The van der Waals surface area contributed by atoms with Gasteiger partial charge in [-0.1, -0.05) is 0 Å². The van der Waals surface area contributed by atoms with Crippen molar-refractivity contribution in [1.29, 1.82) is 5.26 Å². The molecule has 178 valence electrons. The summed E-state index contributed by atoms with van der Waals surface area (Å²) in [6, 6.07) is 7.27. The molecule has 0 saturated carbocycles. The molecule has 0 N–H and O–H groups in total. The van der Waals surface area contributed by atoms with Crippen LogP contribution in [-0.2, 0) is 12.4 Å². The third-order valence-corrected chi connectivity index (χ3v) is 6.28. The van der Waals surface area contributed by atoms with Gasteiger partial charge in [0, 0.05) is 26.9 Å². The molecule has 0 aliphatic carbocycles. The Morgan fingerprint density at radius 2 is 1.36 bits per heavy atom. The summed E-state index contributed by atoms with van der Waals surface area (Å²) in [6.07, 6.45) is -7.78. The number of halogens is 6. The van der Waals surface area contributed by atoms with E-state index in [9.17, 15) is 31.6 Å². The van der Waals surface area contributed by atoms with E-state index in [0.29, 0.717) is 16.3 Å². The molecule has 5 rings (SSSR count). The Balaban J connectivity index is 2.12. The summed E-state index contributed by atoms with van der Waals surface area (Å²) in [5.74, 6) is 0. The van der Waals surface area contributed by atoms with Crippen LogP contribution in [0.1, 0.15) is 22.3 Å². The third kappa shape index (κ3) is 3.29. The Bertz CT molecular complexity index is 1960. The highest BCUT2D eigenvalue weighted by molar-refractivity contribution is 6.22. The van der Waals surface area contributed by atoms with Crippen LogP contribution >= 0.6 is 0 Å². The summed E-state index contributed by atoms with van der Waals surface area (Å²) < 4.78 is 82.7. The summed E-state index contributed by atoms with van der Waals surface area (Å²) >= 11 is 0. The highest BCUT2D eigenvalue weighted by Gasteiger charge is 2.35. The molecule has 0 amide bonds. The first-order valence-electron chi connectivity index (χ1n) is 10.4. The molecule has 5 aromatic carbocycles. The second-order valence-electron chi connectivity index (χ2n) is 8.50. The molecule has 0 saturated heterocycles. The number of hydrogen-bond donors (Lipinski definition) is 0. The van der Waals surface area contributed by atoms with Gasteiger partial charge in [-0.05, 0) is 77.5 Å². The lowest BCUT2D eigenvalue weighted by atomic mass is 10.0. The van der Waals surface area contributed by atoms with Crippen molar-refractivity contribution in [2.75, 3.05) is 0 Å². The van der Waals surface area contributed by atoms with E-state index in [2.05, 4.69) is 15.0 Å². The van der Waals surface area contributed by atoms with E-state index in [1.807, 2.05) is 0 Å². The van der Waals surface area contributed by atoms with Crippen LogP contribution in [0.4, 0.5) is 26.3 Å². The van der Waals surface area contributed by atoms with Crippen LogP contribution in [-0.4, -0.2) is 0 Å². The highest BCUT2D eigenvalue weighted by atomic mass is 19.4. The number of benzene rings is 3. The first-order valence-corrected chi connectivity index (χ1v) is 10.4. The van der Waals surface area contributed by atoms with Crippen molar-refractivity contribution in [3.05, 3.63) is 80.9 Å². The molecule has 0 bridgehead atoms. The Morgan fingerprint density at radius 1 is 0.750 bits per heavy atom. The van der Waals surface area contributed by atoms with E-state index >= 15 is 0 Å². The lowest BCUT2D eigenvalue weighted by molar-refractivity contribution is -0.137. The van der Waals surface area contributed by atoms with Crippen molar-refractivity contribution in [2.45, 2.75) is 26.2 Å². The van der Waals surface area contributed by atoms with Gasteiger partial charge >= 0.3 is 12.4 Å². The lowest BCUT2D eigenvalue weighted by Crippen LogP contribution is -2.07. The number of fused-ring (bicyclic) bond motifs is 6. The zero-order valence-electron chi connectivity index (χ0n) is 18.5. The minimum absolute atomic E-state index is 0.0452. The molecule has 0 aromatic heterocycles. The Labute approximate surface area is 198 Å². The van der Waals surface area contributed by atoms with Gasteiger partial charge in [-0.3, -0.25) is 0 Å². The minimum Gasteiger partial charge on any atom is -0.181 e. The maximum atomic E-state index is 14.1. The van der Waals surface area contributed by atoms with Gasteiger partial charge in [0.25, 0.3) is 0 Å². The van der Waals surface area contributed by atoms with E-state index in [1.54, 1.807) is 6.19 Å². The molecule has 10 heteroatoms. The summed E-state index contributed by atoms with van der Waals surface area (Å²) in [5.41, 5.74) is -1.26. The molecule has 36 heavy (non-hydrogen) atoms. The van der Waals surface area contributed by atoms with Crippen LogP contribution in [0, 0.1) is 31.9 Å². The van der Waals surface area contributed by atoms with Crippen molar-refractivity contribution in [3.8, 4) is 6.19 Å². The van der Waals surface area contributed by atoms with Crippen molar-refractivity contribution in [1.82, 2.24) is 0 Å². The van der Waals surface area contributed by atoms with Gasteiger partial charge < -0.3 is 0 Å². The van der Waals surface area contributed by atoms with Crippen LogP contribution in [0.25, 0.3) is 48.0 Å². The highest BCUT2D eigenvalue weighted by Crippen LogP contribution is 2.41. The van der Waals surface area contributed by atoms with Gasteiger partial charge in [0.05, 0.1) is 21.6 Å². The molecular formula is C26H12F6N4. The SMILES string of the molecule is [C-]#[N+]/N=c1/c2cc3c(cc2c2c(C(F)(F)F)cc(C)cc12)c(=NC#N)c1cc(C(F)(F)F)cc(C)c13. The maximum absolute atomic E-state index is 14.1. The zero-order valence-corrected chi connectivity index (χ0v) is 18.5. The molecule has 0 unspecified atom stereocenters. The second kappa shape index (κ2) is 7.53. The predicted molar refractivity (Wildman–Crippen MR) is 122 cm³/mol. The van der Waals surface area contributed by atoms with Gasteiger partial charge in [0.2, 0.25) is 6.19 Å². The molecule has 0 fully saturated rings. The van der Waals surface area contributed by atoms with Gasteiger partial charge in [0.1, 0.15) is 0 Å². The minimum atomic E-state index is -4.72.